The van der Waals surface area contributed by atoms with Gasteiger partial charge in [0.15, 0.2) is 0 Å². The normalized spacial score (nSPS) is 19.6. The van der Waals surface area contributed by atoms with Gasteiger partial charge in [-0.25, -0.2) is 0 Å². The van der Waals surface area contributed by atoms with E-state index < -0.39 is 0 Å². The van der Waals surface area contributed by atoms with Crippen LogP contribution in [0.1, 0.15) is 6.92 Å². The lowest BCUT2D eigenvalue weighted by atomic mass is 10.3. The Kier molecular flexibility index (Phi) is 3.98. The molecule has 90 valence electrons. The maximum absolute atomic E-state index is 5.57. The molecule has 5 nitrogen and oxygen atoms in total. The number of anilines is 2. The Labute approximate surface area is 99.7 Å². The smallest absolute Gasteiger partial charge is 0.139 e. The molecule has 0 spiro atoms. The minimum absolute atomic E-state index is 0.401. The average Bonchev–Trinajstić information content (AvgIpc) is 2.65. The van der Waals surface area contributed by atoms with Gasteiger partial charge in [-0.3, -0.25) is 4.90 Å². The van der Waals surface area contributed by atoms with Gasteiger partial charge in [-0.1, -0.05) is 0 Å². The summed E-state index contributed by atoms with van der Waals surface area (Å²) in [4.78, 5) is 2.41. The van der Waals surface area contributed by atoms with Crippen molar-refractivity contribution in [3.63, 3.8) is 0 Å². The Morgan fingerprint density at radius 2 is 2.38 bits per heavy atom. The summed E-state index contributed by atoms with van der Waals surface area (Å²) in [7, 11) is 0. The number of ether oxygens (including phenoxy) is 1. The lowest BCUT2D eigenvalue weighted by Gasteiger charge is -2.29. The standard InChI is InChI=1S/C10H18N4OS/c1-8(7-14-2-4-15-5-3-14)12-10-6-9(11)13-16-10/h6,8,12H,2-5,7H2,1H3,(H2,11,13). The maximum atomic E-state index is 5.57. The quantitative estimate of drug-likeness (QED) is 0.820. The number of rotatable bonds is 4. The van der Waals surface area contributed by atoms with E-state index in [2.05, 4.69) is 21.5 Å². The van der Waals surface area contributed by atoms with Gasteiger partial charge in [-0.15, -0.1) is 0 Å². The van der Waals surface area contributed by atoms with Gasteiger partial charge in [0.25, 0.3) is 0 Å². The van der Waals surface area contributed by atoms with Gasteiger partial charge >= 0.3 is 0 Å². The Morgan fingerprint density at radius 1 is 1.62 bits per heavy atom. The van der Waals surface area contributed by atoms with Crippen molar-refractivity contribution >= 4 is 22.4 Å². The highest BCUT2D eigenvalue weighted by Crippen LogP contribution is 2.18. The molecule has 16 heavy (non-hydrogen) atoms. The Hall–Kier alpha value is -0.850. The number of nitrogens with one attached hydrogen (secondary N) is 1. The number of morpholine rings is 1. The van der Waals surface area contributed by atoms with Crippen LogP contribution in [0.5, 0.6) is 0 Å². The molecule has 0 aliphatic carbocycles. The summed E-state index contributed by atoms with van der Waals surface area (Å²) in [6.07, 6.45) is 0. The number of hydrogen-bond donors (Lipinski definition) is 2. The molecule has 2 rings (SSSR count). The third-order valence-electron chi connectivity index (χ3n) is 2.55. The molecule has 3 N–H and O–H groups in total. The van der Waals surface area contributed by atoms with Crippen LogP contribution in [0.3, 0.4) is 0 Å². The second kappa shape index (κ2) is 5.47. The summed E-state index contributed by atoms with van der Waals surface area (Å²) in [5.74, 6) is 0.589. The predicted molar refractivity (Wildman–Crippen MR) is 66.9 cm³/mol. The van der Waals surface area contributed by atoms with Crippen molar-refractivity contribution in [1.29, 1.82) is 0 Å². The molecule has 0 bridgehead atoms. The van der Waals surface area contributed by atoms with Crippen LogP contribution in [0, 0.1) is 0 Å². The first-order valence-corrected chi connectivity index (χ1v) is 6.30. The van der Waals surface area contributed by atoms with E-state index in [1.807, 2.05) is 6.07 Å². The summed E-state index contributed by atoms with van der Waals surface area (Å²) in [5.41, 5.74) is 5.57. The van der Waals surface area contributed by atoms with Gasteiger partial charge in [0.2, 0.25) is 0 Å². The van der Waals surface area contributed by atoms with Gasteiger partial charge in [-0.05, 0) is 18.5 Å². The molecule has 1 atom stereocenters. The van der Waals surface area contributed by atoms with Crippen molar-refractivity contribution in [3.05, 3.63) is 6.07 Å². The molecule has 2 heterocycles. The number of aromatic nitrogens is 1. The molecule has 1 aromatic rings. The van der Waals surface area contributed by atoms with Crippen molar-refractivity contribution in [3.8, 4) is 0 Å². The molecule has 1 aromatic heterocycles. The van der Waals surface area contributed by atoms with E-state index in [9.17, 15) is 0 Å². The van der Waals surface area contributed by atoms with Crippen LogP contribution in [0.4, 0.5) is 10.8 Å². The summed E-state index contributed by atoms with van der Waals surface area (Å²) < 4.78 is 9.36. The Bertz CT molecular complexity index is 324. The van der Waals surface area contributed by atoms with Crippen molar-refractivity contribution in [1.82, 2.24) is 9.27 Å². The van der Waals surface area contributed by atoms with Crippen molar-refractivity contribution in [2.24, 2.45) is 0 Å². The molecule has 1 unspecified atom stereocenters. The van der Waals surface area contributed by atoms with Gasteiger partial charge in [0, 0.05) is 31.7 Å². The number of nitrogens with zero attached hydrogens (tertiary/aromatic N) is 2. The van der Waals surface area contributed by atoms with E-state index in [1.54, 1.807) is 0 Å². The highest BCUT2D eigenvalue weighted by atomic mass is 32.1. The van der Waals surface area contributed by atoms with E-state index >= 15 is 0 Å². The summed E-state index contributed by atoms with van der Waals surface area (Å²) >= 11 is 1.41. The van der Waals surface area contributed by atoms with Crippen LogP contribution in [0.2, 0.25) is 0 Å². The van der Waals surface area contributed by atoms with Crippen LogP contribution < -0.4 is 11.1 Å². The van der Waals surface area contributed by atoms with Crippen molar-refractivity contribution in [2.75, 3.05) is 43.9 Å². The Morgan fingerprint density at radius 3 is 3.00 bits per heavy atom. The lowest BCUT2D eigenvalue weighted by molar-refractivity contribution is 0.0368. The minimum Gasteiger partial charge on any atom is -0.383 e. The van der Waals surface area contributed by atoms with Gasteiger partial charge in [0.1, 0.15) is 10.8 Å². The fourth-order valence-corrected chi connectivity index (χ4v) is 2.50. The molecule has 6 heteroatoms. The Balaban J connectivity index is 1.77. The molecule has 0 aromatic carbocycles. The van der Waals surface area contributed by atoms with E-state index in [-0.39, 0.29) is 0 Å². The van der Waals surface area contributed by atoms with Crippen LogP contribution in [0.15, 0.2) is 6.07 Å². The minimum atomic E-state index is 0.401. The molecular formula is C10H18N4OS. The van der Waals surface area contributed by atoms with Crippen molar-refractivity contribution in [2.45, 2.75) is 13.0 Å². The summed E-state index contributed by atoms with van der Waals surface area (Å²) in [5, 5.41) is 4.44. The van der Waals surface area contributed by atoms with E-state index in [4.69, 9.17) is 10.5 Å². The number of hydrogen-bond acceptors (Lipinski definition) is 6. The van der Waals surface area contributed by atoms with Crippen molar-refractivity contribution < 1.29 is 4.74 Å². The zero-order valence-corrected chi connectivity index (χ0v) is 10.3. The largest absolute Gasteiger partial charge is 0.383 e. The zero-order chi connectivity index (χ0) is 11.4. The first-order valence-electron chi connectivity index (χ1n) is 5.53. The molecule has 0 amide bonds. The highest BCUT2D eigenvalue weighted by Gasteiger charge is 2.13. The predicted octanol–water partition coefficient (Wildman–Crippen LogP) is 0.858. The van der Waals surface area contributed by atoms with E-state index in [1.165, 1.54) is 11.5 Å². The summed E-state index contributed by atoms with van der Waals surface area (Å²) in [6.45, 7) is 6.95. The molecule has 1 aliphatic rings. The van der Waals surface area contributed by atoms with Crippen LogP contribution in [-0.2, 0) is 4.74 Å². The second-order valence-corrected chi connectivity index (χ2v) is 4.88. The molecule has 1 fully saturated rings. The fraction of sp³-hybridized carbons (Fsp3) is 0.700. The number of nitrogens with two attached hydrogens (primary N) is 1. The first-order chi connectivity index (χ1) is 7.74. The highest BCUT2D eigenvalue weighted by molar-refractivity contribution is 7.10. The monoisotopic (exact) mass is 242 g/mol. The van der Waals surface area contributed by atoms with Crippen LogP contribution in [-0.4, -0.2) is 48.2 Å². The SMILES string of the molecule is CC(CN1CCOCC1)Nc1cc(N)ns1. The maximum Gasteiger partial charge on any atom is 0.139 e. The van der Waals surface area contributed by atoms with Gasteiger partial charge < -0.3 is 15.8 Å². The molecular weight excluding hydrogens is 224 g/mol. The van der Waals surface area contributed by atoms with Gasteiger partial charge in [0.05, 0.1) is 13.2 Å². The van der Waals surface area contributed by atoms with E-state index in [0.717, 1.165) is 37.8 Å². The number of nitrogen functional groups attached to an aromatic ring is 1. The first kappa shape index (κ1) is 11.6. The molecule has 0 saturated carbocycles. The third kappa shape index (κ3) is 3.33. The van der Waals surface area contributed by atoms with Crippen LogP contribution in [0.25, 0.3) is 0 Å². The van der Waals surface area contributed by atoms with Gasteiger partial charge in [-0.2, -0.15) is 4.37 Å². The van der Waals surface area contributed by atoms with E-state index in [0.29, 0.717) is 11.9 Å². The fourth-order valence-electron chi connectivity index (χ4n) is 1.82. The second-order valence-electron chi connectivity index (χ2n) is 4.07. The molecule has 1 aliphatic heterocycles. The summed E-state index contributed by atoms with van der Waals surface area (Å²) in [6, 6.07) is 2.28. The molecule has 1 saturated heterocycles. The lowest BCUT2D eigenvalue weighted by Crippen LogP contribution is -2.42. The average molecular weight is 242 g/mol. The third-order valence-corrected chi connectivity index (χ3v) is 3.29. The van der Waals surface area contributed by atoms with Crippen LogP contribution >= 0.6 is 11.5 Å². The molecule has 0 radical (unpaired) electrons. The topological polar surface area (TPSA) is 63.4 Å². The zero-order valence-electron chi connectivity index (χ0n) is 9.48.